The van der Waals surface area contributed by atoms with Gasteiger partial charge in [0.25, 0.3) is 0 Å². The van der Waals surface area contributed by atoms with Crippen molar-refractivity contribution in [1.29, 1.82) is 0 Å². The zero-order chi connectivity index (χ0) is 12.8. The minimum absolute atomic E-state index is 0.666. The molecule has 1 aliphatic heterocycles. The third kappa shape index (κ3) is 4.34. The molecule has 2 heterocycles. The number of likely N-dealkylation sites (N-methyl/N-ethyl adjacent to an activating group) is 1. The first-order chi connectivity index (χ1) is 8.78. The van der Waals surface area contributed by atoms with E-state index in [0.29, 0.717) is 6.04 Å². The highest BCUT2D eigenvalue weighted by Gasteiger charge is 2.15. The van der Waals surface area contributed by atoms with E-state index in [9.17, 15) is 0 Å². The van der Waals surface area contributed by atoms with Gasteiger partial charge in [-0.05, 0) is 53.5 Å². The van der Waals surface area contributed by atoms with Crippen LogP contribution in [0.1, 0.15) is 31.7 Å². The van der Waals surface area contributed by atoms with Crippen LogP contribution in [0, 0.1) is 0 Å². The van der Waals surface area contributed by atoms with E-state index >= 15 is 0 Å². The summed E-state index contributed by atoms with van der Waals surface area (Å²) in [5.41, 5.74) is 1.28. The Morgan fingerprint density at radius 3 is 3.00 bits per heavy atom. The van der Waals surface area contributed by atoms with Gasteiger partial charge in [0, 0.05) is 36.0 Å². The first-order valence-electron chi connectivity index (χ1n) is 6.83. The lowest BCUT2D eigenvalue weighted by Crippen LogP contribution is -2.43. The lowest BCUT2D eigenvalue weighted by atomic mass is 10.0. The quantitative estimate of drug-likeness (QED) is 0.906. The lowest BCUT2D eigenvalue weighted by molar-refractivity contribution is 0.226. The number of halogens is 1. The van der Waals surface area contributed by atoms with Crippen molar-refractivity contribution in [1.82, 2.24) is 15.2 Å². The summed E-state index contributed by atoms with van der Waals surface area (Å²) in [5, 5.41) is 3.61. The summed E-state index contributed by atoms with van der Waals surface area (Å²) < 4.78 is 1.06. The van der Waals surface area contributed by atoms with E-state index in [2.05, 4.69) is 44.1 Å². The molecule has 4 heteroatoms. The van der Waals surface area contributed by atoms with Crippen molar-refractivity contribution in [2.24, 2.45) is 0 Å². The van der Waals surface area contributed by atoms with Crippen molar-refractivity contribution in [3.8, 4) is 0 Å². The van der Waals surface area contributed by atoms with Crippen LogP contribution in [0.5, 0.6) is 0 Å². The van der Waals surface area contributed by atoms with Crippen molar-refractivity contribution < 1.29 is 0 Å². The number of hydrogen-bond donors (Lipinski definition) is 1. The van der Waals surface area contributed by atoms with Gasteiger partial charge in [-0.25, -0.2) is 0 Å². The molecule has 1 fully saturated rings. The van der Waals surface area contributed by atoms with Gasteiger partial charge in [-0.1, -0.05) is 13.3 Å². The molecule has 0 aliphatic carbocycles. The number of rotatable bonds is 5. The summed E-state index contributed by atoms with van der Waals surface area (Å²) in [7, 11) is 0. The van der Waals surface area contributed by atoms with E-state index in [1.807, 2.05) is 12.4 Å². The predicted octanol–water partition coefficient (Wildman–Crippen LogP) is 2.81. The molecule has 0 aromatic carbocycles. The largest absolute Gasteiger partial charge is 0.313 e. The van der Waals surface area contributed by atoms with E-state index < -0.39 is 0 Å². The van der Waals surface area contributed by atoms with Crippen LogP contribution in [0.3, 0.4) is 0 Å². The van der Waals surface area contributed by atoms with Crippen LogP contribution in [0.2, 0.25) is 0 Å². The molecular weight excluding hydrogens is 290 g/mol. The van der Waals surface area contributed by atoms with Crippen LogP contribution >= 0.6 is 15.9 Å². The average molecular weight is 312 g/mol. The Labute approximate surface area is 118 Å². The van der Waals surface area contributed by atoms with Gasteiger partial charge in [0.15, 0.2) is 0 Å². The first-order valence-corrected chi connectivity index (χ1v) is 7.62. The van der Waals surface area contributed by atoms with Crippen LogP contribution in [-0.4, -0.2) is 35.6 Å². The van der Waals surface area contributed by atoms with Gasteiger partial charge in [-0.3, -0.25) is 9.88 Å². The minimum Gasteiger partial charge on any atom is -0.313 e. The molecule has 100 valence electrons. The van der Waals surface area contributed by atoms with Crippen molar-refractivity contribution >= 4 is 15.9 Å². The Morgan fingerprint density at radius 2 is 2.33 bits per heavy atom. The zero-order valence-corrected chi connectivity index (χ0v) is 12.6. The van der Waals surface area contributed by atoms with Crippen LogP contribution in [0.4, 0.5) is 0 Å². The van der Waals surface area contributed by atoms with Gasteiger partial charge in [-0.2, -0.15) is 0 Å². The van der Waals surface area contributed by atoms with E-state index in [0.717, 1.165) is 24.1 Å². The second kappa shape index (κ2) is 7.22. The highest BCUT2D eigenvalue weighted by atomic mass is 79.9. The Balaban J connectivity index is 1.88. The number of nitrogens with zero attached hydrogens (tertiary/aromatic N) is 2. The van der Waals surface area contributed by atoms with E-state index in [1.165, 1.54) is 31.4 Å². The molecule has 1 saturated heterocycles. The molecule has 1 aliphatic rings. The number of nitrogens with one attached hydrogen (secondary N) is 1. The standard InChI is InChI=1S/C14H22BrN3/c1-2-18(11-14-5-3-4-6-17-14)10-12-7-13(15)9-16-8-12/h7-9,14,17H,2-6,10-11H2,1H3. The molecule has 0 saturated carbocycles. The SMILES string of the molecule is CCN(Cc1cncc(Br)c1)CC1CCCCN1. The maximum atomic E-state index is 4.23. The Bertz CT molecular complexity index is 364. The van der Waals surface area contributed by atoms with Gasteiger partial charge in [0.2, 0.25) is 0 Å². The number of hydrogen-bond acceptors (Lipinski definition) is 3. The Morgan fingerprint density at radius 1 is 1.44 bits per heavy atom. The summed E-state index contributed by atoms with van der Waals surface area (Å²) in [6, 6.07) is 2.82. The first kappa shape index (κ1) is 14.0. The van der Waals surface area contributed by atoms with Crippen LogP contribution in [0.25, 0.3) is 0 Å². The number of pyridine rings is 1. The highest BCUT2D eigenvalue weighted by molar-refractivity contribution is 9.10. The monoisotopic (exact) mass is 311 g/mol. The molecule has 1 aromatic heterocycles. The molecule has 3 nitrogen and oxygen atoms in total. The third-order valence-electron chi connectivity index (χ3n) is 3.51. The molecule has 1 aromatic rings. The predicted molar refractivity (Wildman–Crippen MR) is 78.5 cm³/mol. The fraction of sp³-hybridized carbons (Fsp3) is 0.643. The van der Waals surface area contributed by atoms with Gasteiger partial charge in [0.05, 0.1) is 0 Å². The van der Waals surface area contributed by atoms with Gasteiger partial charge in [0.1, 0.15) is 0 Å². The molecule has 0 spiro atoms. The number of aromatic nitrogens is 1. The van der Waals surface area contributed by atoms with Crippen molar-refractivity contribution in [2.75, 3.05) is 19.6 Å². The maximum absolute atomic E-state index is 4.23. The molecule has 0 bridgehead atoms. The molecular formula is C14H22BrN3. The normalized spacial score (nSPS) is 20.3. The van der Waals surface area contributed by atoms with Crippen molar-refractivity contribution in [2.45, 2.75) is 38.8 Å². The van der Waals surface area contributed by atoms with Crippen LogP contribution in [0.15, 0.2) is 22.9 Å². The summed E-state index contributed by atoms with van der Waals surface area (Å²) in [4.78, 5) is 6.72. The number of piperidine rings is 1. The van der Waals surface area contributed by atoms with Crippen LogP contribution < -0.4 is 5.32 Å². The molecule has 1 atom stereocenters. The summed E-state index contributed by atoms with van der Waals surface area (Å²) in [5.74, 6) is 0. The fourth-order valence-electron chi connectivity index (χ4n) is 2.50. The third-order valence-corrected chi connectivity index (χ3v) is 3.94. The van der Waals surface area contributed by atoms with E-state index in [4.69, 9.17) is 0 Å². The van der Waals surface area contributed by atoms with E-state index in [-0.39, 0.29) is 0 Å². The second-order valence-electron chi connectivity index (χ2n) is 4.99. The molecule has 1 unspecified atom stereocenters. The smallest absolute Gasteiger partial charge is 0.0410 e. The Hall–Kier alpha value is -0.450. The minimum atomic E-state index is 0.666. The molecule has 0 radical (unpaired) electrons. The molecule has 2 rings (SSSR count). The second-order valence-corrected chi connectivity index (χ2v) is 5.90. The summed E-state index contributed by atoms with van der Waals surface area (Å²) >= 11 is 3.48. The summed E-state index contributed by atoms with van der Waals surface area (Å²) in [6.45, 7) is 6.63. The van der Waals surface area contributed by atoms with Gasteiger partial charge >= 0.3 is 0 Å². The lowest BCUT2D eigenvalue weighted by Gasteiger charge is -2.29. The summed E-state index contributed by atoms with van der Waals surface area (Å²) in [6.07, 6.45) is 7.81. The highest BCUT2D eigenvalue weighted by Crippen LogP contribution is 2.13. The van der Waals surface area contributed by atoms with E-state index in [1.54, 1.807) is 0 Å². The van der Waals surface area contributed by atoms with Gasteiger partial charge < -0.3 is 5.32 Å². The topological polar surface area (TPSA) is 28.2 Å². The Kier molecular flexibility index (Phi) is 5.60. The van der Waals surface area contributed by atoms with Gasteiger partial charge in [-0.15, -0.1) is 0 Å². The van der Waals surface area contributed by atoms with Crippen molar-refractivity contribution in [3.05, 3.63) is 28.5 Å². The molecule has 0 amide bonds. The molecule has 1 N–H and O–H groups in total. The zero-order valence-electron chi connectivity index (χ0n) is 11.0. The average Bonchev–Trinajstić information content (AvgIpc) is 2.39. The maximum Gasteiger partial charge on any atom is 0.0410 e. The molecule has 18 heavy (non-hydrogen) atoms. The van der Waals surface area contributed by atoms with Crippen LogP contribution in [-0.2, 0) is 6.54 Å². The fourth-order valence-corrected chi connectivity index (χ4v) is 2.91. The van der Waals surface area contributed by atoms with Crippen molar-refractivity contribution in [3.63, 3.8) is 0 Å².